The van der Waals surface area contributed by atoms with Crippen LogP contribution in [0.15, 0.2) is 24.3 Å². The molecule has 0 aliphatic heterocycles. The molecule has 0 saturated heterocycles. The zero-order chi connectivity index (χ0) is 7.40. The topological polar surface area (TPSA) is 29.1 Å². The number of amides is 1. The van der Waals surface area contributed by atoms with Crippen LogP contribution in [0.3, 0.4) is 0 Å². The van der Waals surface area contributed by atoms with Crippen molar-refractivity contribution >= 4 is 11.6 Å². The molecule has 0 spiro atoms. The van der Waals surface area contributed by atoms with E-state index in [1.807, 2.05) is 12.1 Å². The Bertz CT molecular complexity index is 223. The molecule has 0 saturated carbocycles. The van der Waals surface area contributed by atoms with Crippen LogP contribution in [0.5, 0.6) is 0 Å². The summed E-state index contributed by atoms with van der Waals surface area (Å²) in [5.41, 5.74) is 0.655. The second kappa shape index (κ2) is 5.29. The Morgan fingerprint density at radius 3 is 2.73 bits per heavy atom. The Kier molecular flexibility index (Phi) is 5.10. The molecule has 0 aromatic heterocycles. The molecule has 0 radical (unpaired) electrons. The summed E-state index contributed by atoms with van der Waals surface area (Å²) in [6.45, 7) is 3.16. The van der Waals surface area contributed by atoms with Crippen molar-refractivity contribution in [3.05, 3.63) is 37.3 Å². The van der Waals surface area contributed by atoms with Crippen molar-refractivity contribution in [2.45, 2.75) is 0 Å². The maximum absolute atomic E-state index is 10.4. The van der Waals surface area contributed by atoms with E-state index >= 15 is 0 Å². The number of rotatable bonds is 1. The molecular formula is C8H7NOU. The summed E-state index contributed by atoms with van der Waals surface area (Å²) < 4.78 is 0. The Hall–Kier alpha value is -0.388. The number of hydrogen-bond donors (Lipinski definition) is 1. The molecule has 0 fully saturated rings. The molecule has 1 N–H and O–H groups in total. The Morgan fingerprint density at radius 2 is 2.27 bits per heavy atom. The molecule has 1 aromatic carbocycles. The van der Waals surface area contributed by atoms with E-state index < -0.39 is 0 Å². The Labute approximate surface area is 89.8 Å². The maximum atomic E-state index is 10.4. The van der Waals surface area contributed by atoms with Crippen molar-refractivity contribution in [2.24, 2.45) is 0 Å². The standard InChI is InChI=1S/C8H7NO.U/c1-7(10)9-8-5-3-2-4-6-8;/h2-5H,1H2,(H,9,10);/q-2;+2. The molecule has 1 rings (SSSR count). The molecule has 11 heavy (non-hydrogen) atoms. The van der Waals surface area contributed by atoms with Crippen molar-refractivity contribution in [1.29, 1.82) is 0 Å². The van der Waals surface area contributed by atoms with Gasteiger partial charge in [0.2, 0.25) is 0 Å². The Balaban J connectivity index is 0.000001000. The average molecular weight is 371 g/mol. The molecule has 0 atom stereocenters. The number of carbonyl (C=O) groups excluding carboxylic acids is 1. The minimum Gasteiger partial charge on any atom is -0.375 e. The van der Waals surface area contributed by atoms with Crippen molar-refractivity contribution in [2.75, 3.05) is 5.32 Å². The van der Waals surface area contributed by atoms with Crippen LogP contribution >= 0.6 is 0 Å². The molecule has 0 aliphatic rings. The predicted molar refractivity (Wildman–Crippen MR) is 39.3 cm³/mol. The van der Waals surface area contributed by atoms with E-state index in [1.165, 1.54) is 0 Å². The van der Waals surface area contributed by atoms with Gasteiger partial charge in [-0.1, -0.05) is 5.69 Å². The first kappa shape index (κ1) is 10.6. The van der Waals surface area contributed by atoms with Gasteiger partial charge in [0, 0.05) is 0 Å². The Morgan fingerprint density at radius 1 is 1.55 bits per heavy atom. The van der Waals surface area contributed by atoms with Crippen molar-refractivity contribution in [1.82, 2.24) is 0 Å². The number of hydrogen-bond acceptors (Lipinski definition) is 1. The monoisotopic (exact) mass is 371 g/mol. The van der Waals surface area contributed by atoms with Gasteiger partial charge >= 0.3 is 31.1 Å². The van der Waals surface area contributed by atoms with Gasteiger partial charge in [0.05, 0.1) is 5.91 Å². The molecule has 0 unspecified atom stereocenters. The van der Waals surface area contributed by atoms with Gasteiger partial charge in [-0.3, -0.25) is 0 Å². The third-order valence-corrected chi connectivity index (χ3v) is 0.983. The third kappa shape index (κ3) is 4.13. The fraction of sp³-hybridized carbons (Fsp3) is 0. The van der Waals surface area contributed by atoms with Gasteiger partial charge in [0.15, 0.2) is 0 Å². The van der Waals surface area contributed by atoms with Crippen LogP contribution in [0, 0.1) is 44.1 Å². The van der Waals surface area contributed by atoms with E-state index in [0.717, 1.165) is 0 Å². The van der Waals surface area contributed by atoms with Crippen molar-refractivity contribution in [3.8, 4) is 0 Å². The van der Waals surface area contributed by atoms with Crippen LogP contribution < -0.4 is 5.32 Å². The summed E-state index contributed by atoms with van der Waals surface area (Å²) in [7, 11) is 0. The van der Waals surface area contributed by atoms with E-state index in [2.05, 4.69) is 18.3 Å². The van der Waals surface area contributed by atoms with E-state index in [-0.39, 0.29) is 37.0 Å². The predicted octanol–water partition coefficient (Wildman–Crippen LogP) is 1.26. The van der Waals surface area contributed by atoms with Crippen molar-refractivity contribution < 1.29 is 35.9 Å². The minimum atomic E-state index is -0.317. The summed E-state index contributed by atoms with van der Waals surface area (Å²) in [4.78, 5) is 10.4. The number of anilines is 1. The van der Waals surface area contributed by atoms with Crippen LogP contribution in [-0.2, 0) is 4.79 Å². The number of para-hydroxylation sites is 1. The molecule has 0 bridgehead atoms. The average Bonchev–Trinajstić information content (AvgIpc) is 1.88. The normalized spacial score (nSPS) is 8.00. The van der Waals surface area contributed by atoms with Gasteiger partial charge in [-0.15, -0.1) is 6.07 Å². The van der Waals surface area contributed by atoms with Crippen LogP contribution in [0.4, 0.5) is 5.69 Å². The fourth-order valence-corrected chi connectivity index (χ4v) is 0.621. The zero-order valence-electron chi connectivity index (χ0n) is 5.92. The van der Waals surface area contributed by atoms with E-state index in [9.17, 15) is 4.79 Å². The molecule has 3 heteroatoms. The molecule has 1 amide bonds. The largest absolute Gasteiger partial charge is 2.00 e. The van der Waals surface area contributed by atoms with Gasteiger partial charge in [-0.2, -0.15) is 24.3 Å². The van der Waals surface area contributed by atoms with Crippen LogP contribution in [0.1, 0.15) is 0 Å². The quantitative estimate of drug-likeness (QED) is 0.741. The van der Waals surface area contributed by atoms with Gasteiger partial charge in [-0.05, 0) is 0 Å². The van der Waals surface area contributed by atoms with Gasteiger partial charge in [0.1, 0.15) is 0 Å². The summed E-state index contributed by atoms with van der Waals surface area (Å²) >= 11 is 0. The van der Waals surface area contributed by atoms with E-state index in [0.29, 0.717) is 5.69 Å². The smallest absolute Gasteiger partial charge is 0.375 e. The number of benzene rings is 1. The van der Waals surface area contributed by atoms with Crippen LogP contribution in [0.2, 0.25) is 0 Å². The summed E-state index contributed by atoms with van der Waals surface area (Å²) in [5, 5.41) is 2.50. The van der Waals surface area contributed by atoms with E-state index in [4.69, 9.17) is 0 Å². The molecule has 1 aromatic rings. The first-order valence-electron chi connectivity index (χ1n) is 2.89. The van der Waals surface area contributed by atoms with Gasteiger partial charge in [0.25, 0.3) is 0 Å². The molecular weight excluding hydrogens is 364 g/mol. The SMILES string of the molecule is [CH2-]C(=O)Nc1[c-]cccc1.[U+2]. The van der Waals surface area contributed by atoms with E-state index in [1.54, 1.807) is 12.1 Å². The first-order valence-corrected chi connectivity index (χ1v) is 2.89. The molecule has 0 heterocycles. The number of nitrogens with one attached hydrogen (secondary N) is 1. The summed E-state index contributed by atoms with van der Waals surface area (Å²) in [6.07, 6.45) is 0. The molecule has 2 nitrogen and oxygen atoms in total. The maximum Gasteiger partial charge on any atom is 2.00 e. The summed E-state index contributed by atoms with van der Waals surface area (Å²) in [5.74, 6) is -0.317. The second-order valence-corrected chi connectivity index (χ2v) is 1.82. The van der Waals surface area contributed by atoms with Gasteiger partial charge < -0.3 is 17.0 Å². The molecule has 0 aliphatic carbocycles. The molecule has 54 valence electrons. The fourth-order valence-electron chi connectivity index (χ4n) is 0.621. The van der Waals surface area contributed by atoms with Crippen molar-refractivity contribution in [3.63, 3.8) is 0 Å². The first-order chi connectivity index (χ1) is 4.79. The van der Waals surface area contributed by atoms with Crippen LogP contribution in [0.25, 0.3) is 0 Å². The second-order valence-electron chi connectivity index (χ2n) is 1.82. The van der Waals surface area contributed by atoms with Crippen LogP contribution in [-0.4, -0.2) is 5.91 Å². The number of carbonyl (C=O) groups is 1. The van der Waals surface area contributed by atoms with Gasteiger partial charge in [-0.25, -0.2) is 0 Å². The zero-order valence-corrected chi connectivity index (χ0v) is 10.1. The minimum absolute atomic E-state index is 0. The summed E-state index contributed by atoms with van der Waals surface area (Å²) in [6, 6.07) is 9.96. The third-order valence-electron chi connectivity index (χ3n) is 0.983.